The van der Waals surface area contributed by atoms with Gasteiger partial charge in [-0.15, -0.1) is 0 Å². The molecule has 1 unspecified atom stereocenters. The number of hydrogen-bond donors (Lipinski definition) is 1. The van der Waals surface area contributed by atoms with Gasteiger partial charge in [0.2, 0.25) is 0 Å². The molecular weight excluding hydrogens is 176 g/mol. The van der Waals surface area contributed by atoms with E-state index in [0.717, 1.165) is 12.1 Å². The Bertz CT molecular complexity index is 276. The van der Waals surface area contributed by atoms with E-state index in [1.807, 2.05) is 19.3 Å². The number of likely N-dealkylation sites (N-methyl/N-ethyl adjacent to an activating group) is 1. The van der Waals surface area contributed by atoms with Crippen molar-refractivity contribution >= 4 is 0 Å². The van der Waals surface area contributed by atoms with Gasteiger partial charge in [-0.3, -0.25) is 4.98 Å². The first-order valence-corrected chi connectivity index (χ1v) is 4.84. The molecule has 3 nitrogen and oxygen atoms in total. The average molecular weight is 194 g/mol. The molecule has 1 N–H and O–H groups in total. The predicted molar refractivity (Wildman–Crippen MR) is 57.4 cm³/mol. The van der Waals surface area contributed by atoms with E-state index in [2.05, 4.69) is 23.3 Å². The summed E-state index contributed by atoms with van der Waals surface area (Å²) in [5, 5.41) is 3.21. The molecule has 78 valence electrons. The van der Waals surface area contributed by atoms with Gasteiger partial charge >= 0.3 is 0 Å². The van der Waals surface area contributed by atoms with Crippen molar-refractivity contribution in [2.24, 2.45) is 0 Å². The average Bonchev–Trinajstić information content (AvgIpc) is 2.20. The highest BCUT2D eigenvalue weighted by molar-refractivity contribution is 5.18. The molecule has 14 heavy (non-hydrogen) atoms. The van der Waals surface area contributed by atoms with Crippen LogP contribution in [-0.4, -0.2) is 31.8 Å². The van der Waals surface area contributed by atoms with Crippen molar-refractivity contribution in [3.8, 4) is 0 Å². The Hall–Kier alpha value is -0.930. The number of nitrogens with zero attached hydrogens (tertiary/aromatic N) is 1. The Labute approximate surface area is 85.5 Å². The van der Waals surface area contributed by atoms with E-state index in [9.17, 15) is 0 Å². The summed E-state index contributed by atoms with van der Waals surface area (Å²) in [6.45, 7) is 2.80. The van der Waals surface area contributed by atoms with E-state index < -0.39 is 0 Å². The van der Waals surface area contributed by atoms with Crippen LogP contribution in [0.15, 0.2) is 18.3 Å². The summed E-state index contributed by atoms with van der Waals surface area (Å²) in [4.78, 5) is 4.35. The summed E-state index contributed by atoms with van der Waals surface area (Å²) in [7, 11) is 3.66. The molecule has 0 radical (unpaired) electrons. The lowest BCUT2D eigenvalue weighted by Crippen LogP contribution is -2.32. The van der Waals surface area contributed by atoms with Crippen LogP contribution in [0.5, 0.6) is 0 Å². The number of ether oxygens (including phenoxy) is 1. The van der Waals surface area contributed by atoms with E-state index in [0.29, 0.717) is 12.6 Å². The molecule has 1 rings (SSSR count). The fraction of sp³-hybridized carbons (Fsp3) is 0.545. The minimum atomic E-state index is 0.341. The predicted octanol–water partition coefficient (Wildman–Crippen LogP) is 1.17. The van der Waals surface area contributed by atoms with E-state index in [4.69, 9.17) is 4.74 Å². The second-order valence-electron chi connectivity index (χ2n) is 3.41. The zero-order valence-electron chi connectivity index (χ0n) is 9.08. The second-order valence-corrected chi connectivity index (χ2v) is 3.41. The van der Waals surface area contributed by atoms with E-state index in [1.54, 1.807) is 7.11 Å². The minimum Gasteiger partial charge on any atom is -0.383 e. The summed E-state index contributed by atoms with van der Waals surface area (Å²) in [5.41, 5.74) is 2.38. The van der Waals surface area contributed by atoms with Crippen molar-refractivity contribution in [2.45, 2.75) is 19.4 Å². The standard InChI is InChI=1S/C11H18N2O/c1-9-5-4-6-13-11(9)7-10(12-2)8-14-3/h4-6,10,12H,7-8H2,1-3H3. The van der Waals surface area contributed by atoms with Crippen molar-refractivity contribution in [2.75, 3.05) is 20.8 Å². The Kier molecular flexibility index (Phi) is 4.56. The quantitative estimate of drug-likeness (QED) is 0.764. The number of rotatable bonds is 5. The van der Waals surface area contributed by atoms with Crippen LogP contribution in [0, 0.1) is 6.92 Å². The number of pyridine rings is 1. The van der Waals surface area contributed by atoms with Crippen LogP contribution in [-0.2, 0) is 11.2 Å². The Balaban J connectivity index is 2.62. The van der Waals surface area contributed by atoms with Crippen molar-refractivity contribution in [1.29, 1.82) is 0 Å². The molecule has 0 aliphatic heterocycles. The van der Waals surface area contributed by atoms with Crippen molar-refractivity contribution in [3.63, 3.8) is 0 Å². The van der Waals surface area contributed by atoms with Crippen LogP contribution in [0.2, 0.25) is 0 Å². The zero-order valence-corrected chi connectivity index (χ0v) is 9.08. The van der Waals surface area contributed by atoms with Gasteiger partial charge in [-0.05, 0) is 25.6 Å². The molecule has 1 atom stereocenters. The van der Waals surface area contributed by atoms with Gasteiger partial charge in [0.05, 0.1) is 6.61 Å². The summed E-state index contributed by atoms with van der Waals surface area (Å²) in [5.74, 6) is 0. The molecule has 0 saturated carbocycles. The maximum absolute atomic E-state index is 5.12. The Morgan fingerprint density at radius 3 is 2.93 bits per heavy atom. The van der Waals surface area contributed by atoms with Gasteiger partial charge in [0, 0.05) is 31.5 Å². The van der Waals surface area contributed by atoms with Gasteiger partial charge in [-0.2, -0.15) is 0 Å². The molecule has 1 aromatic rings. The van der Waals surface area contributed by atoms with Crippen LogP contribution in [0.25, 0.3) is 0 Å². The third-order valence-electron chi connectivity index (χ3n) is 2.33. The summed E-state index contributed by atoms with van der Waals surface area (Å²) in [6, 6.07) is 4.39. The molecular formula is C11H18N2O. The lowest BCUT2D eigenvalue weighted by atomic mass is 10.1. The topological polar surface area (TPSA) is 34.1 Å². The lowest BCUT2D eigenvalue weighted by molar-refractivity contribution is 0.169. The van der Waals surface area contributed by atoms with Crippen molar-refractivity contribution in [3.05, 3.63) is 29.6 Å². The molecule has 0 saturated heterocycles. The van der Waals surface area contributed by atoms with Crippen LogP contribution in [0.1, 0.15) is 11.3 Å². The molecule has 3 heteroatoms. The maximum Gasteiger partial charge on any atom is 0.0619 e. The fourth-order valence-corrected chi connectivity index (χ4v) is 1.41. The largest absolute Gasteiger partial charge is 0.383 e. The molecule has 0 aliphatic carbocycles. The highest BCUT2D eigenvalue weighted by Crippen LogP contribution is 2.06. The van der Waals surface area contributed by atoms with Gasteiger partial charge in [-0.1, -0.05) is 6.07 Å². The monoisotopic (exact) mass is 194 g/mol. The van der Waals surface area contributed by atoms with Gasteiger partial charge < -0.3 is 10.1 Å². The molecule has 0 amide bonds. The summed E-state index contributed by atoms with van der Waals surface area (Å²) in [6.07, 6.45) is 2.75. The first-order valence-electron chi connectivity index (χ1n) is 4.84. The highest BCUT2D eigenvalue weighted by atomic mass is 16.5. The first-order chi connectivity index (χ1) is 6.77. The lowest BCUT2D eigenvalue weighted by Gasteiger charge is -2.15. The molecule has 0 aliphatic rings. The second kappa shape index (κ2) is 5.73. The van der Waals surface area contributed by atoms with Crippen LogP contribution in [0.3, 0.4) is 0 Å². The number of aromatic nitrogens is 1. The third-order valence-corrected chi connectivity index (χ3v) is 2.33. The molecule has 0 fully saturated rings. The minimum absolute atomic E-state index is 0.341. The highest BCUT2D eigenvalue weighted by Gasteiger charge is 2.08. The molecule has 0 bridgehead atoms. The molecule has 1 heterocycles. The maximum atomic E-state index is 5.12. The molecule has 1 aromatic heterocycles. The fourth-order valence-electron chi connectivity index (χ4n) is 1.41. The Morgan fingerprint density at radius 2 is 2.36 bits per heavy atom. The van der Waals surface area contributed by atoms with E-state index >= 15 is 0 Å². The zero-order chi connectivity index (χ0) is 10.4. The van der Waals surface area contributed by atoms with E-state index in [1.165, 1.54) is 5.56 Å². The number of hydrogen-bond acceptors (Lipinski definition) is 3. The summed E-state index contributed by atoms with van der Waals surface area (Å²) >= 11 is 0. The van der Waals surface area contributed by atoms with Crippen molar-refractivity contribution < 1.29 is 4.74 Å². The smallest absolute Gasteiger partial charge is 0.0619 e. The first kappa shape index (κ1) is 11.1. The molecule has 0 spiro atoms. The SMILES string of the molecule is CNC(COC)Cc1ncccc1C. The normalized spacial score (nSPS) is 12.8. The molecule has 0 aromatic carbocycles. The van der Waals surface area contributed by atoms with Gasteiger partial charge in [-0.25, -0.2) is 0 Å². The van der Waals surface area contributed by atoms with Crippen LogP contribution in [0.4, 0.5) is 0 Å². The van der Waals surface area contributed by atoms with Crippen LogP contribution >= 0.6 is 0 Å². The van der Waals surface area contributed by atoms with Gasteiger partial charge in [0.1, 0.15) is 0 Å². The number of nitrogens with one attached hydrogen (secondary N) is 1. The number of aryl methyl sites for hydroxylation is 1. The van der Waals surface area contributed by atoms with Crippen LogP contribution < -0.4 is 5.32 Å². The van der Waals surface area contributed by atoms with E-state index in [-0.39, 0.29) is 0 Å². The van der Waals surface area contributed by atoms with Crippen molar-refractivity contribution in [1.82, 2.24) is 10.3 Å². The number of methoxy groups -OCH3 is 1. The third kappa shape index (κ3) is 3.09. The Morgan fingerprint density at radius 1 is 1.57 bits per heavy atom. The summed E-state index contributed by atoms with van der Waals surface area (Å²) < 4.78 is 5.12. The van der Waals surface area contributed by atoms with Gasteiger partial charge in [0.15, 0.2) is 0 Å². The van der Waals surface area contributed by atoms with Gasteiger partial charge in [0.25, 0.3) is 0 Å².